The van der Waals surface area contributed by atoms with Gasteiger partial charge >= 0.3 is 0 Å². The Morgan fingerprint density at radius 1 is 1.71 bits per heavy atom. The number of carbonyl (C=O) groups is 1. The van der Waals surface area contributed by atoms with Crippen LogP contribution in [-0.2, 0) is 0 Å². The van der Waals surface area contributed by atoms with E-state index in [0.29, 0.717) is 18.0 Å². The molecule has 2 rings (SSSR count). The lowest BCUT2D eigenvalue weighted by atomic mass is 10.2. The second-order valence-corrected chi connectivity index (χ2v) is 3.85. The van der Waals surface area contributed by atoms with Crippen molar-refractivity contribution in [3.05, 3.63) is 23.9 Å². The molecule has 1 saturated heterocycles. The van der Waals surface area contributed by atoms with E-state index in [2.05, 4.69) is 11.1 Å². The number of hydrogen-bond acceptors (Lipinski definition) is 4. The van der Waals surface area contributed by atoms with Gasteiger partial charge in [-0.05, 0) is 25.0 Å². The Morgan fingerprint density at radius 3 is 3.24 bits per heavy atom. The summed E-state index contributed by atoms with van der Waals surface area (Å²) in [5, 5.41) is 8.97. The standard InChI is InChI=1S/C12H13N3O2/c1-17-11-10(5-2-6-14-11)12(16)15-7-3-4-9(15)8-13/h2,5-6,9H,3-4,7H2,1H3. The molecule has 1 atom stereocenters. The molecule has 5 heteroatoms. The van der Waals surface area contributed by atoms with Crippen molar-refractivity contribution >= 4 is 5.91 Å². The monoisotopic (exact) mass is 231 g/mol. The second kappa shape index (κ2) is 4.83. The molecule has 1 aliphatic heterocycles. The number of nitriles is 1. The van der Waals surface area contributed by atoms with Crippen LogP contribution < -0.4 is 4.74 Å². The first-order valence-electron chi connectivity index (χ1n) is 5.47. The summed E-state index contributed by atoms with van der Waals surface area (Å²) in [4.78, 5) is 17.8. The highest BCUT2D eigenvalue weighted by Crippen LogP contribution is 2.22. The lowest BCUT2D eigenvalue weighted by molar-refractivity contribution is 0.0760. The first-order valence-corrected chi connectivity index (χ1v) is 5.47. The van der Waals surface area contributed by atoms with Crippen LogP contribution in [0.4, 0.5) is 0 Å². The predicted octanol–water partition coefficient (Wildman–Crippen LogP) is 1.22. The average Bonchev–Trinajstić information content (AvgIpc) is 2.86. The maximum atomic E-state index is 12.3. The molecular weight excluding hydrogens is 218 g/mol. The Morgan fingerprint density at radius 2 is 2.53 bits per heavy atom. The van der Waals surface area contributed by atoms with E-state index in [4.69, 9.17) is 10.00 Å². The van der Waals surface area contributed by atoms with E-state index >= 15 is 0 Å². The van der Waals surface area contributed by atoms with Crippen LogP contribution in [0.25, 0.3) is 0 Å². The molecule has 1 aliphatic rings. The van der Waals surface area contributed by atoms with Crippen LogP contribution in [0.2, 0.25) is 0 Å². The third-order valence-electron chi connectivity index (χ3n) is 2.86. The Kier molecular flexibility index (Phi) is 3.24. The third kappa shape index (κ3) is 2.07. The van der Waals surface area contributed by atoms with E-state index in [-0.39, 0.29) is 11.9 Å². The molecule has 0 radical (unpaired) electrons. The number of amides is 1. The van der Waals surface area contributed by atoms with E-state index in [1.807, 2.05) is 0 Å². The molecular formula is C12H13N3O2. The van der Waals surface area contributed by atoms with Gasteiger partial charge in [-0.15, -0.1) is 0 Å². The summed E-state index contributed by atoms with van der Waals surface area (Å²) in [7, 11) is 1.48. The lowest BCUT2D eigenvalue weighted by Crippen LogP contribution is -2.34. The van der Waals surface area contributed by atoms with E-state index in [9.17, 15) is 4.79 Å². The van der Waals surface area contributed by atoms with Crippen molar-refractivity contribution in [2.24, 2.45) is 0 Å². The first-order chi connectivity index (χ1) is 8.27. The number of rotatable bonds is 2. The van der Waals surface area contributed by atoms with E-state index in [0.717, 1.165) is 12.8 Å². The van der Waals surface area contributed by atoms with Gasteiger partial charge in [0.2, 0.25) is 5.88 Å². The Hall–Kier alpha value is -2.09. The van der Waals surface area contributed by atoms with Gasteiger partial charge in [0.05, 0.1) is 13.2 Å². The van der Waals surface area contributed by atoms with Gasteiger partial charge in [-0.25, -0.2) is 4.98 Å². The van der Waals surface area contributed by atoms with E-state index in [1.165, 1.54) is 7.11 Å². The van der Waals surface area contributed by atoms with Gasteiger partial charge in [0.1, 0.15) is 11.6 Å². The van der Waals surface area contributed by atoms with Crippen LogP contribution in [0.3, 0.4) is 0 Å². The quantitative estimate of drug-likeness (QED) is 0.767. The van der Waals surface area contributed by atoms with Crippen LogP contribution in [0.5, 0.6) is 5.88 Å². The second-order valence-electron chi connectivity index (χ2n) is 3.85. The summed E-state index contributed by atoms with van der Waals surface area (Å²) < 4.78 is 5.05. The molecule has 2 heterocycles. The van der Waals surface area contributed by atoms with Crippen molar-refractivity contribution in [1.82, 2.24) is 9.88 Å². The number of nitrogens with zero attached hydrogens (tertiary/aromatic N) is 3. The van der Waals surface area contributed by atoms with E-state index in [1.54, 1.807) is 23.2 Å². The summed E-state index contributed by atoms with van der Waals surface area (Å²) in [6, 6.07) is 5.17. The molecule has 0 saturated carbocycles. The van der Waals surface area contributed by atoms with Gasteiger partial charge < -0.3 is 9.64 Å². The molecule has 88 valence electrons. The normalized spacial score (nSPS) is 18.8. The van der Waals surface area contributed by atoms with Crippen molar-refractivity contribution < 1.29 is 9.53 Å². The highest BCUT2D eigenvalue weighted by atomic mass is 16.5. The molecule has 1 aromatic rings. The van der Waals surface area contributed by atoms with Gasteiger partial charge in [-0.2, -0.15) is 5.26 Å². The zero-order valence-electron chi connectivity index (χ0n) is 9.59. The topological polar surface area (TPSA) is 66.2 Å². The zero-order chi connectivity index (χ0) is 12.3. The summed E-state index contributed by atoms with van der Waals surface area (Å²) in [6.07, 6.45) is 3.18. The molecule has 0 aromatic carbocycles. The zero-order valence-corrected chi connectivity index (χ0v) is 9.59. The number of carbonyl (C=O) groups excluding carboxylic acids is 1. The van der Waals surface area contributed by atoms with Crippen LogP contribution in [0.1, 0.15) is 23.2 Å². The fourth-order valence-electron chi connectivity index (χ4n) is 2.01. The molecule has 0 aliphatic carbocycles. The Balaban J connectivity index is 2.28. The van der Waals surface area contributed by atoms with Crippen LogP contribution in [-0.4, -0.2) is 35.5 Å². The van der Waals surface area contributed by atoms with Crippen LogP contribution in [0.15, 0.2) is 18.3 Å². The smallest absolute Gasteiger partial charge is 0.260 e. The number of ether oxygens (including phenoxy) is 1. The van der Waals surface area contributed by atoms with Crippen molar-refractivity contribution in [3.8, 4) is 11.9 Å². The van der Waals surface area contributed by atoms with Crippen molar-refractivity contribution in [2.75, 3.05) is 13.7 Å². The number of hydrogen-bond donors (Lipinski definition) is 0. The van der Waals surface area contributed by atoms with Crippen LogP contribution in [0, 0.1) is 11.3 Å². The Bertz CT molecular complexity index is 467. The molecule has 1 unspecified atom stereocenters. The SMILES string of the molecule is COc1ncccc1C(=O)N1CCCC1C#N. The number of likely N-dealkylation sites (tertiary alicyclic amines) is 1. The van der Waals surface area contributed by atoms with Crippen molar-refractivity contribution in [3.63, 3.8) is 0 Å². The summed E-state index contributed by atoms with van der Waals surface area (Å²) in [6.45, 7) is 0.620. The Labute approximate surface area is 99.6 Å². The summed E-state index contributed by atoms with van der Waals surface area (Å²) in [5.74, 6) is 0.125. The number of pyridine rings is 1. The van der Waals surface area contributed by atoms with Gasteiger partial charge in [-0.3, -0.25) is 4.79 Å². The maximum Gasteiger partial charge on any atom is 0.260 e. The van der Waals surface area contributed by atoms with Gasteiger partial charge in [-0.1, -0.05) is 0 Å². The van der Waals surface area contributed by atoms with Gasteiger partial charge in [0.15, 0.2) is 0 Å². The number of aromatic nitrogens is 1. The fourth-order valence-corrected chi connectivity index (χ4v) is 2.01. The minimum Gasteiger partial charge on any atom is -0.480 e. The first kappa shape index (κ1) is 11.4. The molecule has 0 bridgehead atoms. The maximum absolute atomic E-state index is 12.3. The van der Waals surface area contributed by atoms with E-state index < -0.39 is 0 Å². The summed E-state index contributed by atoms with van der Waals surface area (Å²) >= 11 is 0. The highest BCUT2D eigenvalue weighted by Gasteiger charge is 2.30. The van der Waals surface area contributed by atoms with Crippen LogP contribution >= 0.6 is 0 Å². The van der Waals surface area contributed by atoms with Gasteiger partial charge in [0, 0.05) is 12.7 Å². The molecule has 5 nitrogen and oxygen atoms in total. The molecule has 1 amide bonds. The largest absolute Gasteiger partial charge is 0.480 e. The highest BCUT2D eigenvalue weighted by molar-refractivity contribution is 5.96. The molecule has 0 N–H and O–H groups in total. The summed E-state index contributed by atoms with van der Waals surface area (Å²) in [5.41, 5.74) is 0.414. The molecule has 1 aromatic heterocycles. The van der Waals surface area contributed by atoms with Crippen molar-refractivity contribution in [2.45, 2.75) is 18.9 Å². The molecule has 0 spiro atoms. The molecule has 1 fully saturated rings. The molecule has 17 heavy (non-hydrogen) atoms. The lowest BCUT2D eigenvalue weighted by Gasteiger charge is -2.20. The minimum atomic E-state index is -0.326. The van der Waals surface area contributed by atoms with Crippen molar-refractivity contribution in [1.29, 1.82) is 5.26 Å². The average molecular weight is 231 g/mol. The van der Waals surface area contributed by atoms with Gasteiger partial charge in [0.25, 0.3) is 5.91 Å². The minimum absolute atomic E-state index is 0.181. The third-order valence-corrected chi connectivity index (χ3v) is 2.86. The predicted molar refractivity (Wildman–Crippen MR) is 60.5 cm³/mol. The fraction of sp³-hybridized carbons (Fsp3) is 0.417. The number of methoxy groups -OCH3 is 1.